The van der Waals surface area contributed by atoms with E-state index in [-0.39, 0.29) is 0 Å². The molecule has 2 nitrogen and oxygen atoms in total. The number of ketones is 2. The normalized spacial score (nSPS) is 16.4. The second kappa shape index (κ2) is 10.0. The lowest BCUT2D eigenvalue weighted by molar-refractivity contribution is -0.436. The Labute approximate surface area is 214 Å². The van der Waals surface area contributed by atoms with Crippen molar-refractivity contribution in [2.75, 3.05) is 0 Å². The van der Waals surface area contributed by atoms with Gasteiger partial charge in [-0.1, -0.05) is 0 Å². The average Bonchev–Trinajstić information content (AvgIpc) is 2.76. The standard InChI is InChI=1S/C15H2F26O2/c16-4(17,6(20,21)8(24,25)10(28,29)12(32,33)14(36,37)38)2(42)1-3(43)5(18,19)7(22,23)9(26,27)11(30,31)13(34,35)15(39,40)41/h1H2. The Hall–Kier alpha value is -2.48. The molecule has 0 atom stereocenters. The largest absolute Gasteiger partial charge is 0.460 e. The van der Waals surface area contributed by atoms with Crippen LogP contribution in [0.4, 0.5) is 114 Å². The summed E-state index contributed by atoms with van der Waals surface area (Å²) in [6.45, 7) is 0. The highest BCUT2D eigenvalue weighted by Gasteiger charge is 2.93. The van der Waals surface area contributed by atoms with Gasteiger partial charge in [-0.3, -0.25) is 9.59 Å². The highest BCUT2D eigenvalue weighted by Crippen LogP contribution is 2.62. The number of halogens is 26. The van der Waals surface area contributed by atoms with E-state index in [4.69, 9.17) is 0 Å². The van der Waals surface area contributed by atoms with Crippen molar-refractivity contribution in [2.45, 2.75) is 78.0 Å². The number of carbonyl (C=O) groups excluding carboxylic acids is 2. The Balaban J connectivity index is 6.75. The summed E-state index contributed by atoms with van der Waals surface area (Å²) in [6.07, 6.45) is -20.5. The van der Waals surface area contributed by atoms with E-state index in [1.165, 1.54) is 0 Å². The number of hydrogen-bond donors (Lipinski definition) is 0. The Morgan fingerprint density at radius 2 is 0.442 bits per heavy atom. The predicted octanol–water partition coefficient (Wildman–Crippen LogP) is 7.99. The van der Waals surface area contributed by atoms with E-state index < -0.39 is 89.6 Å². The van der Waals surface area contributed by atoms with Crippen LogP contribution in [0.15, 0.2) is 0 Å². The molecule has 0 aliphatic rings. The second-order valence-electron chi connectivity index (χ2n) is 7.76. The fourth-order valence-corrected chi connectivity index (χ4v) is 2.26. The van der Waals surface area contributed by atoms with Gasteiger partial charge in [-0.25, -0.2) is 0 Å². The highest BCUT2D eigenvalue weighted by atomic mass is 19.4. The number of Topliss-reactive ketones (excluding diaryl/α,β-unsaturated/α-hetero) is 2. The first-order chi connectivity index (χ1) is 18.0. The number of carbonyl (C=O) groups is 2. The maximum Gasteiger partial charge on any atom is 0.460 e. The van der Waals surface area contributed by atoms with Crippen molar-refractivity contribution in [3.05, 3.63) is 0 Å². The Bertz CT molecular complexity index is 989. The molecule has 28 heteroatoms. The van der Waals surface area contributed by atoms with Crippen LogP contribution in [0.3, 0.4) is 0 Å². The molecule has 0 radical (unpaired) electrons. The summed E-state index contributed by atoms with van der Waals surface area (Å²) in [6, 6.07) is 0. The van der Waals surface area contributed by atoms with Crippen molar-refractivity contribution in [2.24, 2.45) is 0 Å². The van der Waals surface area contributed by atoms with Gasteiger partial charge in [-0.05, 0) is 0 Å². The van der Waals surface area contributed by atoms with Crippen molar-refractivity contribution in [1.82, 2.24) is 0 Å². The van der Waals surface area contributed by atoms with E-state index in [0.29, 0.717) is 0 Å². The minimum atomic E-state index is -8.86. The molecule has 0 spiro atoms. The van der Waals surface area contributed by atoms with Gasteiger partial charge in [0.2, 0.25) is 11.6 Å². The van der Waals surface area contributed by atoms with Crippen LogP contribution in [0.25, 0.3) is 0 Å². The van der Waals surface area contributed by atoms with Gasteiger partial charge in [0.05, 0.1) is 6.42 Å². The molecule has 0 rings (SSSR count). The average molecular weight is 708 g/mol. The minimum Gasteiger partial charge on any atom is -0.292 e. The highest BCUT2D eigenvalue weighted by molar-refractivity contribution is 6.06. The Morgan fingerprint density at radius 3 is 0.605 bits per heavy atom. The molecule has 256 valence electrons. The summed E-state index contributed by atoms with van der Waals surface area (Å²) in [5, 5.41) is 0. The molecule has 0 aliphatic carbocycles. The maximum absolute atomic E-state index is 13.5. The van der Waals surface area contributed by atoms with Crippen LogP contribution in [0, 0.1) is 0 Å². The fraction of sp³-hybridized carbons (Fsp3) is 0.867. The second-order valence-corrected chi connectivity index (χ2v) is 7.76. The first-order valence-electron chi connectivity index (χ1n) is 9.03. The van der Waals surface area contributed by atoms with Crippen LogP contribution in [0.5, 0.6) is 0 Å². The molecule has 0 heterocycles. The van der Waals surface area contributed by atoms with Gasteiger partial charge < -0.3 is 0 Å². The summed E-state index contributed by atoms with van der Waals surface area (Å²) in [5.74, 6) is -95.7. The molecule has 0 saturated carbocycles. The molecule has 0 aromatic carbocycles. The van der Waals surface area contributed by atoms with E-state index in [9.17, 15) is 124 Å². The molecular formula is C15H2F26O2. The zero-order valence-corrected chi connectivity index (χ0v) is 18.4. The third-order valence-corrected chi connectivity index (χ3v) is 4.89. The smallest absolute Gasteiger partial charge is 0.292 e. The molecular weight excluding hydrogens is 706 g/mol. The third kappa shape index (κ3) is 5.19. The first-order valence-corrected chi connectivity index (χ1v) is 9.03. The van der Waals surface area contributed by atoms with Gasteiger partial charge in [0.25, 0.3) is 0 Å². The van der Waals surface area contributed by atoms with Crippen LogP contribution in [0.1, 0.15) is 6.42 Å². The van der Waals surface area contributed by atoms with Gasteiger partial charge >= 0.3 is 71.6 Å². The summed E-state index contributed by atoms with van der Waals surface area (Å²) >= 11 is 0. The lowest BCUT2D eigenvalue weighted by atomic mass is 9.88. The van der Waals surface area contributed by atoms with Gasteiger partial charge in [-0.15, -0.1) is 0 Å². The van der Waals surface area contributed by atoms with Crippen molar-refractivity contribution in [1.29, 1.82) is 0 Å². The topological polar surface area (TPSA) is 34.1 Å². The molecule has 43 heavy (non-hydrogen) atoms. The molecule has 0 aromatic heterocycles. The molecule has 0 amide bonds. The first kappa shape index (κ1) is 40.5. The van der Waals surface area contributed by atoms with Crippen LogP contribution >= 0.6 is 0 Å². The maximum atomic E-state index is 13.5. The van der Waals surface area contributed by atoms with Crippen molar-refractivity contribution in [3.63, 3.8) is 0 Å². The van der Waals surface area contributed by atoms with Gasteiger partial charge in [0.15, 0.2) is 0 Å². The molecule has 0 N–H and O–H groups in total. The van der Waals surface area contributed by atoms with E-state index in [0.717, 1.165) is 0 Å². The Morgan fingerprint density at radius 1 is 0.279 bits per heavy atom. The van der Waals surface area contributed by atoms with Gasteiger partial charge in [0, 0.05) is 0 Å². The minimum absolute atomic E-state index is 4.47. The summed E-state index contributed by atoms with van der Waals surface area (Å²) in [4.78, 5) is 22.1. The monoisotopic (exact) mass is 708 g/mol. The van der Waals surface area contributed by atoms with Gasteiger partial charge in [0.1, 0.15) is 0 Å². The van der Waals surface area contributed by atoms with Crippen molar-refractivity contribution in [3.8, 4) is 0 Å². The van der Waals surface area contributed by atoms with Crippen LogP contribution < -0.4 is 0 Å². The van der Waals surface area contributed by atoms with E-state index in [2.05, 4.69) is 0 Å². The molecule has 0 fully saturated rings. The molecule has 0 saturated heterocycles. The quantitative estimate of drug-likeness (QED) is 0.152. The lowest BCUT2D eigenvalue weighted by Gasteiger charge is -2.40. The van der Waals surface area contributed by atoms with Gasteiger partial charge in [-0.2, -0.15) is 114 Å². The zero-order chi connectivity index (χ0) is 35.9. The van der Waals surface area contributed by atoms with E-state index >= 15 is 0 Å². The third-order valence-electron chi connectivity index (χ3n) is 4.89. The molecule has 0 unspecified atom stereocenters. The molecule has 0 aliphatic heterocycles. The van der Waals surface area contributed by atoms with E-state index in [1.54, 1.807) is 0 Å². The Kier molecular flexibility index (Phi) is 9.44. The zero-order valence-electron chi connectivity index (χ0n) is 18.4. The number of alkyl halides is 26. The number of hydrogen-bond acceptors (Lipinski definition) is 2. The van der Waals surface area contributed by atoms with Crippen molar-refractivity contribution >= 4 is 11.6 Å². The summed E-state index contributed by atoms with van der Waals surface area (Å²) in [7, 11) is 0. The van der Waals surface area contributed by atoms with E-state index in [1.807, 2.05) is 0 Å². The predicted molar refractivity (Wildman–Crippen MR) is 76.2 cm³/mol. The summed E-state index contributed by atoms with van der Waals surface area (Å²) in [5.41, 5.74) is 0. The SMILES string of the molecule is O=C(CC(=O)C(F)(F)C(F)(F)C(F)(F)C(F)(F)C(F)(F)C(F)(F)F)C(F)(F)C(F)(F)C(F)(F)C(F)(F)C(F)(F)C(F)(F)F. The molecule has 0 aromatic rings. The summed E-state index contributed by atoms with van der Waals surface area (Å²) < 4.78 is 336. The van der Waals surface area contributed by atoms with Crippen LogP contribution in [-0.4, -0.2) is 83.1 Å². The fourth-order valence-electron chi connectivity index (χ4n) is 2.26. The molecule has 0 bridgehead atoms. The lowest BCUT2D eigenvalue weighted by Crippen LogP contribution is -2.72. The van der Waals surface area contributed by atoms with Crippen LogP contribution in [0.2, 0.25) is 0 Å². The van der Waals surface area contributed by atoms with Crippen molar-refractivity contribution < 1.29 is 124 Å². The number of rotatable bonds is 12. The van der Waals surface area contributed by atoms with Crippen LogP contribution in [-0.2, 0) is 9.59 Å².